The molecule has 0 bridgehead atoms. The molecule has 0 saturated heterocycles. The zero-order chi connectivity index (χ0) is 24.8. The van der Waals surface area contributed by atoms with E-state index in [0.717, 1.165) is 29.7 Å². The van der Waals surface area contributed by atoms with E-state index in [2.05, 4.69) is 0 Å². The zero-order valence-corrected chi connectivity index (χ0v) is 21.2. The predicted molar refractivity (Wildman–Crippen MR) is 134 cm³/mol. The molecular weight excluding hydrogens is 487 g/mol. The first-order valence-electron chi connectivity index (χ1n) is 11.7. The van der Waals surface area contributed by atoms with E-state index in [1.807, 2.05) is 48.7 Å². The van der Waals surface area contributed by atoms with E-state index in [-0.39, 0.29) is 29.9 Å². The van der Waals surface area contributed by atoms with Crippen molar-refractivity contribution >= 4 is 27.3 Å². The maximum atomic E-state index is 13.7. The average Bonchev–Trinajstić information content (AvgIpc) is 3.35. The summed E-state index contributed by atoms with van der Waals surface area (Å²) >= 11 is 1.68. The van der Waals surface area contributed by atoms with Crippen LogP contribution in [0.4, 0.5) is 4.39 Å². The van der Waals surface area contributed by atoms with Crippen LogP contribution in [0.15, 0.2) is 70.9 Å². The summed E-state index contributed by atoms with van der Waals surface area (Å²) in [6.45, 7) is 3.12. The van der Waals surface area contributed by atoms with Gasteiger partial charge in [0, 0.05) is 31.2 Å². The topological polar surface area (TPSA) is 66.9 Å². The summed E-state index contributed by atoms with van der Waals surface area (Å²) in [5.74, 6) is -0.786. The fourth-order valence-electron chi connectivity index (χ4n) is 4.35. The first-order chi connectivity index (χ1) is 16.9. The van der Waals surface area contributed by atoms with Crippen LogP contribution in [0.25, 0.3) is 0 Å². The van der Waals surface area contributed by atoms with Crippen molar-refractivity contribution in [3.05, 3.63) is 87.9 Å². The van der Waals surface area contributed by atoms with E-state index in [9.17, 15) is 17.6 Å². The summed E-state index contributed by atoms with van der Waals surface area (Å²) in [5.41, 5.74) is 2.08. The van der Waals surface area contributed by atoms with Crippen molar-refractivity contribution in [2.24, 2.45) is 0 Å². The van der Waals surface area contributed by atoms with Crippen LogP contribution in [0, 0.1) is 5.82 Å². The Balaban J connectivity index is 1.61. The van der Waals surface area contributed by atoms with Crippen molar-refractivity contribution in [1.29, 1.82) is 0 Å². The van der Waals surface area contributed by atoms with Gasteiger partial charge in [-0.25, -0.2) is 12.8 Å². The van der Waals surface area contributed by atoms with Gasteiger partial charge >= 0.3 is 0 Å². The molecule has 3 aromatic rings. The minimum atomic E-state index is -4.00. The molecule has 1 unspecified atom stereocenters. The van der Waals surface area contributed by atoms with E-state index in [1.165, 1.54) is 21.3 Å². The molecule has 1 atom stereocenters. The highest BCUT2D eigenvalue weighted by molar-refractivity contribution is 7.89. The number of carbonyl (C=O) groups excluding carboxylic acids is 1. The molecule has 1 aromatic heterocycles. The molecule has 2 aromatic carbocycles. The van der Waals surface area contributed by atoms with Crippen LogP contribution in [-0.2, 0) is 26.0 Å². The van der Waals surface area contributed by atoms with Gasteiger partial charge in [0.1, 0.15) is 5.82 Å². The van der Waals surface area contributed by atoms with Gasteiger partial charge in [-0.15, -0.1) is 11.3 Å². The monoisotopic (exact) mass is 516 g/mol. The lowest BCUT2D eigenvalue weighted by atomic mass is 9.93. The molecule has 0 aliphatic carbocycles. The first kappa shape index (κ1) is 25.5. The molecule has 0 fully saturated rings. The average molecular weight is 517 g/mol. The second kappa shape index (κ2) is 11.4. The summed E-state index contributed by atoms with van der Waals surface area (Å²) in [7, 11) is -4.00. The maximum Gasteiger partial charge on any atom is 0.243 e. The van der Waals surface area contributed by atoms with Crippen molar-refractivity contribution < 1.29 is 22.3 Å². The van der Waals surface area contributed by atoms with E-state index in [1.54, 1.807) is 16.2 Å². The van der Waals surface area contributed by atoms with Gasteiger partial charge in [0.25, 0.3) is 0 Å². The Morgan fingerprint density at radius 3 is 2.60 bits per heavy atom. The van der Waals surface area contributed by atoms with Crippen LogP contribution in [-0.4, -0.2) is 56.4 Å². The highest BCUT2D eigenvalue weighted by atomic mass is 32.2. The van der Waals surface area contributed by atoms with Crippen molar-refractivity contribution in [1.82, 2.24) is 9.21 Å². The first-order valence-corrected chi connectivity index (χ1v) is 14.0. The van der Waals surface area contributed by atoms with Crippen molar-refractivity contribution in [2.75, 3.05) is 32.8 Å². The number of thiophene rings is 1. The van der Waals surface area contributed by atoms with Crippen LogP contribution in [0.3, 0.4) is 0 Å². The van der Waals surface area contributed by atoms with Crippen molar-refractivity contribution in [2.45, 2.75) is 30.7 Å². The summed E-state index contributed by atoms with van der Waals surface area (Å²) in [4.78, 5) is 16.7. The number of amides is 1. The molecular formula is C26H29FN2O4S2. The molecule has 0 spiro atoms. The molecule has 1 amide bonds. The zero-order valence-electron chi connectivity index (χ0n) is 19.6. The van der Waals surface area contributed by atoms with Gasteiger partial charge in [-0.3, -0.25) is 4.79 Å². The Hall–Kier alpha value is -2.59. The highest BCUT2D eigenvalue weighted by Crippen LogP contribution is 2.38. The number of hydrogen-bond donors (Lipinski definition) is 0. The lowest BCUT2D eigenvalue weighted by Crippen LogP contribution is -2.47. The number of sulfonamides is 1. The number of ether oxygens (including phenoxy) is 1. The third-order valence-electron chi connectivity index (χ3n) is 6.06. The summed E-state index contributed by atoms with van der Waals surface area (Å²) in [6, 6.07) is 16.3. The number of rotatable bonds is 10. The van der Waals surface area contributed by atoms with Gasteiger partial charge in [0.15, 0.2) is 0 Å². The Bertz CT molecular complexity index is 1230. The number of fused-ring (bicyclic) bond motifs is 1. The molecule has 35 heavy (non-hydrogen) atoms. The molecule has 4 rings (SSSR count). The number of hydrogen-bond acceptors (Lipinski definition) is 5. The molecule has 0 N–H and O–H groups in total. The number of carbonyl (C=O) groups is 1. The summed E-state index contributed by atoms with van der Waals surface area (Å²) in [6.07, 6.45) is 1.18. The van der Waals surface area contributed by atoms with Crippen molar-refractivity contribution in [3.8, 4) is 0 Å². The quantitative estimate of drug-likeness (QED) is 0.373. The molecule has 6 nitrogen and oxygen atoms in total. The largest absolute Gasteiger partial charge is 0.382 e. The Kier molecular flexibility index (Phi) is 8.33. The predicted octanol–water partition coefficient (Wildman–Crippen LogP) is 4.48. The maximum absolute atomic E-state index is 13.7. The molecule has 2 heterocycles. The van der Waals surface area contributed by atoms with Crippen LogP contribution >= 0.6 is 11.3 Å². The third-order valence-corrected chi connectivity index (χ3v) is 8.92. The fraction of sp³-hybridized carbons (Fsp3) is 0.346. The molecule has 1 aliphatic rings. The van der Waals surface area contributed by atoms with Gasteiger partial charge in [-0.1, -0.05) is 30.3 Å². The van der Waals surface area contributed by atoms with Crippen LogP contribution in [0.1, 0.15) is 35.4 Å². The third kappa shape index (κ3) is 5.81. The number of nitrogens with zero attached hydrogens (tertiary/aromatic N) is 2. The highest BCUT2D eigenvalue weighted by Gasteiger charge is 2.35. The number of halogens is 1. The second-order valence-electron chi connectivity index (χ2n) is 8.29. The number of benzene rings is 2. The molecule has 0 saturated carbocycles. The molecule has 0 radical (unpaired) electrons. The van der Waals surface area contributed by atoms with Gasteiger partial charge in [0.2, 0.25) is 15.9 Å². The van der Waals surface area contributed by atoms with Gasteiger partial charge in [0.05, 0.1) is 17.5 Å². The van der Waals surface area contributed by atoms with E-state index >= 15 is 0 Å². The van der Waals surface area contributed by atoms with Gasteiger partial charge < -0.3 is 9.64 Å². The normalized spacial score (nSPS) is 15.9. The van der Waals surface area contributed by atoms with Crippen LogP contribution in [0.5, 0.6) is 0 Å². The van der Waals surface area contributed by atoms with Crippen LogP contribution in [0.2, 0.25) is 0 Å². The van der Waals surface area contributed by atoms with E-state index in [4.69, 9.17) is 4.74 Å². The SMILES string of the molecule is CCOCCCN(CC(=O)N1CCc2sccc2C1c1ccccc1)S(=O)(=O)c1ccc(F)cc1. The smallest absolute Gasteiger partial charge is 0.243 e. The van der Waals surface area contributed by atoms with Gasteiger partial charge in [-0.05, 0) is 66.6 Å². The van der Waals surface area contributed by atoms with E-state index in [0.29, 0.717) is 26.2 Å². The van der Waals surface area contributed by atoms with E-state index < -0.39 is 15.8 Å². The minimum Gasteiger partial charge on any atom is -0.382 e. The molecule has 9 heteroatoms. The Morgan fingerprint density at radius 2 is 1.89 bits per heavy atom. The van der Waals surface area contributed by atoms with Crippen molar-refractivity contribution in [3.63, 3.8) is 0 Å². The molecule has 186 valence electrons. The molecule has 1 aliphatic heterocycles. The lowest BCUT2D eigenvalue weighted by molar-refractivity contribution is -0.133. The summed E-state index contributed by atoms with van der Waals surface area (Å²) in [5, 5.41) is 2.04. The Labute approximate surface area is 210 Å². The minimum absolute atomic E-state index is 0.0403. The second-order valence-corrected chi connectivity index (χ2v) is 11.2. The van der Waals surface area contributed by atoms with Crippen LogP contribution < -0.4 is 0 Å². The summed E-state index contributed by atoms with van der Waals surface area (Å²) < 4.78 is 46.9. The standard InChI is InChI=1S/C26H29FN2O4S2/c1-2-33-17-6-15-28(35(31,32)22-11-9-21(27)10-12-22)19-25(30)29-16-13-24-23(14-18-34-24)26(29)20-7-4-3-5-8-20/h3-5,7-12,14,18,26H,2,6,13,15-17,19H2,1H3. The fourth-order valence-corrected chi connectivity index (χ4v) is 6.68. The lowest BCUT2D eigenvalue weighted by Gasteiger charge is -2.37. The van der Waals surface area contributed by atoms with Gasteiger partial charge in [-0.2, -0.15) is 4.31 Å². The Morgan fingerprint density at radius 1 is 1.14 bits per heavy atom.